The number of nitrogens with zero attached hydrogens (tertiary/aromatic N) is 3. The molecule has 7 heteroatoms. The van der Waals surface area contributed by atoms with Crippen molar-refractivity contribution in [3.8, 4) is 0 Å². The van der Waals surface area contributed by atoms with Crippen LogP contribution in [0.25, 0.3) is 33.8 Å². The molecule has 0 saturated carbocycles. The molecular weight excluding hydrogens is 438 g/mol. The standard InChI is InChI=1S/C28H27N5O2/c1-32-9-11-33(12-10-32)25(34)14-19-4-2-3-18(13-19)5-7-21-15-23-20(16-29-21)6-8-22-26-24(31-27(22)23)17-30-28(26)35/h2-8,13,15-16,29H,9-12,14,17H2,1H3,(H,30,35). The van der Waals surface area contributed by atoms with Crippen LogP contribution in [0.15, 0.2) is 48.7 Å². The largest absolute Gasteiger partial charge is 0.361 e. The van der Waals surface area contributed by atoms with E-state index in [1.165, 1.54) is 0 Å². The first-order chi connectivity index (χ1) is 17.0. The van der Waals surface area contributed by atoms with Crippen molar-refractivity contribution in [2.24, 2.45) is 0 Å². The summed E-state index contributed by atoms with van der Waals surface area (Å²) in [6, 6.07) is 14.2. The molecule has 6 rings (SSSR count). The van der Waals surface area contributed by atoms with E-state index in [0.717, 1.165) is 70.4 Å². The van der Waals surface area contributed by atoms with Crippen molar-refractivity contribution in [2.75, 3.05) is 33.2 Å². The monoisotopic (exact) mass is 465 g/mol. The number of likely N-dealkylation sites (N-methyl/N-ethyl adjacent to an activating group) is 1. The van der Waals surface area contributed by atoms with Gasteiger partial charge in [-0.3, -0.25) is 9.59 Å². The number of pyridine rings is 1. The number of fused-ring (bicyclic) bond motifs is 5. The molecule has 0 atom stereocenters. The van der Waals surface area contributed by atoms with Gasteiger partial charge >= 0.3 is 0 Å². The molecule has 0 radical (unpaired) electrons. The summed E-state index contributed by atoms with van der Waals surface area (Å²) in [7, 11) is 2.09. The molecule has 2 aliphatic rings. The summed E-state index contributed by atoms with van der Waals surface area (Å²) in [6.45, 7) is 3.94. The number of hydrogen-bond donors (Lipinski definition) is 2. The van der Waals surface area contributed by atoms with Crippen LogP contribution in [-0.4, -0.2) is 64.8 Å². The highest BCUT2D eigenvalue weighted by molar-refractivity contribution is 6.16. The Morgan fingerprint density at radius 3 is 2.77 bits per heavy atom. The van der Waals surface area contributed by atoms with Crippen LogP contribution >= 0.6 is 0 Å². The Labute approximate surface area is 203 Å². The molecule has 2 amide bonds. The minimum absolute atomic E-state index is 0.0459. The van der Waals surface area contributed by atoms with E-state index in [0.29, 0.717) is 18.5 Å². The molecule has 35 heavy (non-hydrogen) atoms. The molecule has 2 aromatic heterocycles. The molecule has 7 nitrogen and oxygen atoms in total. The number of hydrogen-bond acceptors (Lipinski definition) is 4. The average molecular weight is 466 g/mol. The maximum Gasteiger partial charge on any atom is 0.254 e. The highest BCUT2D eigenvalue weighted by Gasteiger charge is 2.26. The number of benzene rings is 2. The van der Waals surface area contributed by atoms with Gasteiger partial charge in [-0.1, -0.05) is 42.5 Å². The Bertz CT molecular complexity index is 1490. The number of piperazine rings is 1. The zero-order valence-corrected chi connectivity index (χ0v) is 19.7. The SMILES string of the molecule is CN1CCN(C(=O)Cc2cccc(C=Cc3cc4c(ccc5c6c(nc54)CNC6=O)c[nH]3)c2)CC1. The van der Waals surface area contributed by atoms with Crippen LogP contribution in [0.5, 0.6) is 0 Å². The van der Waals surface area contributed by atoms with Gasteiger partial charge in [0.25, 0.3) is 5.91 Å². The minimum atomic E-state index is -0.0459. The van der Waals surface area contributed by atoms with Gasteiger partial charge in [0.2, 0.25) is 5.91 Å². The second-order valence-electron chi connectivity index (χ2n) is 9.41. The van der Waals surface area contributed by atoms with E-state index in [4.69, 9.17) is 4.98 Å². The van der Waals surface area contributed by atoms with Gasteiger partial charge < -0.3 is 20.1 Å². The molecule has 176 valence electrons. The van der Waals surface area contributed by atoms with Crippen molar-refractivity contribution in [1.29, 1.82) is 0 Å². The first-order valence-corrected chi connectivity index (χ1v) is 12.0. The Kier molecular flexibility index (Phi) is 5.34. The first kappa shape index (κ1) is 21.6. The molecule has 1 saturated heterocycles. The molecular formula is C28H27N5O2. The summed E-state index contributed by atoms with van der Waals surface area (Å²) < 4.78 is 0. The lowest BCUT2D eigenvalue weighted by Gasteiger charge is -2.32. The maximum atomic E-state index is 12.7. The van der Waals surface area contributed by atoms with E-state index < -0.39 is 0 Å². The fourth-order valence-corrected chi connectivity index (χ4v) is 4.99. The number of aromatic amines is 1. The summed E-state index contributed by atoms with van der Waals surface area (Å²) in [4.78, 5) is 37.2. The fraction of sp³-hybridized carbons (Fsp3) is 0.250. The van der Waals surface area contributed by atoms with Gasteiger partial charge in [-0.05, 0) is 35.7 Å². The second kappa shape index (κ2) is 8.67. The molecule has 0 spiro atoms. The molecule has 0 aliphatic carbocycles. The van der Waals surface area contributed by atoms with Gasteiger partial charge in [-0.25, -0.2) is 4.98 Å². The third-order valence-corrected chi connectivity index (χ3v) is 7.01. The topological polar surface area (TPSA) is 81.3 Å². The third kappa shape index (κ3) is 4.08. The Balaban J connectivity index is 1.23. The summed E-state index contributed by atoms with van der Waals surface area (Å²) in [5, 5.41) is 5.83. The van der Waals surface area contributed by atoms with Crippen LogP contribution in [0.4, 0.5) is 0 Å². The smallest absolute Gasteiger partial charge is 0.254 e. The molecule has 0 unspecified atom stereocenters. The van der Waals surface area contributed by atoms with E-state index in [1.54, 1.807) is 0 Å². The molecule has 4 heterocycles. The number of H-pyrrole nitrogens is 1. The van der Waals surface area contributed by atoms with Crippen molar-refractivity contribution in [3.05, 3.63) is 76.7 Å². The molecule has 4 aromatic rings. The van der Waals surface area contributed by atoms with Gasteiger partial charge in [-0.2, -0.15) is 0 Å². The second-order valence-corrected chi connectivity index (χ2v) is 9.41. The molecule has 1 fully saturated rings. The van der Waals surface area contributed by atoms with Crippen LogP contribution in [0.2, 0.25) is 0 Å². The Hall–Kier alpha value is -3.97. The fourth-order valence-electron chi connectivity index (χ4n) is 4.99. The van der Waals surface area contributed by atoms with Gasteiger partial charge in [0, 0.05) is 48.8 Å². The van der Waals surface area contributed by atoms with Crippen LogP contribution in [0.1, 0.15) is 32.9 Å². The van der Waals surface area contributed by atoms with Crippen LogP contribution < -0.4 is 5.32 Å². The van der Waals surface area contributed by atoms with Crippen molar-refractivity contribution < 1.29 is 9.59 Å². The lowest BCUT2D eigenvalue weighted by molar-refractivity contribution is -0.132. The summed E-state index contributed by atoms with van der Waals surface area (Å²) in [6.07, 6.45) is 6.47. The number of aromatic nitrogens is 2. The zero-order chi connectivity index (χ0) is 23.9. The Morgan fingerprint density at radius 1 is 1.06 bits per heavy atom. The van der Waals surface area contributed by atoms with Crippen molar-refractivity contribution in [2.45, 2.75) is 13.0 Å². The number of amides is 2. The van der Waals surface area contributed by atoms with Crippen molar-refractivity contribution in [3.63, 3.8) is 0 Å². The molecule has 0 bridgehead atoms. The number of nitrogens with one attached hydrogen (secondary N) is 2. The first-order valence-electron chi connectivity index (χ1n) is 12.0. The van der Waals surface area contributed by atoms with Gasteiger partial charge in [0.05, 0.1) is 29.7 Å². The maximum absolute atomic E-state index is 12.7. The predicted octanol–water partition coefficient (Wildman–Crippen LogP) is 3.45. The number of carbonyl (C=O) groups excluding carboxylic acids is 2. The van der Waals surface area contributed by atoms with Gasteiger partial charge in [-0.15, -0.1) is 0 Å². The molecule has 2 aromatic carbocycles. The lowest BCUT2D eigenvalue weighted by atomic mass is 10.0. The predicted molar refractivity (Wildman–Crippen MR) is 138 cm³/mol. The number of rotatable bonds is 4. The minimum Gasteiger partial charge on any atom is -0.361 e. The van der Waals surface area contributed by atoms with Crippen LogP contribution in [-0.2, 0) is 17.8 Å². The Morgan fingerprint density at radius 2 is 1.91 bits per heavy atom. The van der Waals surface area contributed by atoms with E-state index >= 15 is 0 Å². The lowest BCUT2D eigenvalue weighted by Crippen LogP contribution is -2.47. The van der Waals surface area contributed by atoms with Crippen LogP contribution in [0, 0.1) is 0 Å². The van der Waals surface area contributed by atoms with E-state index in [2.05, 4.69) is 34.4 Å². The van der Waals surface area contributed by atoms with Crippen molar-refractivity contribution >= 4 is 45.6 Å². The zero-order valence-electron chi connectivity index (χ0n) is 19.7. The quantitative estimate of drug-likeness (QED) is 0.484. The van der Waals surface area contributed by atoms with Gasteiger partial charge in [0.15, 0.2) is 0 Å². The number of carbonyl (C=O) groups is 2. The summed E-state index contributed by atoms with van der Waals surface area (Å²) in [5.41, 5.74) is 5.41. The molecule has 2 aliphatic heterocycles. The highest BCUT2D eigenvalue weighted by Crippen LogP contribution is 2.31. The van der Waals surface area contributed by atoms with E-state index in [9.17, 15) is 9.59 Å². The summed E-state index contributed by atoms with van der Waals surface area (Å²) >= 11 is 0. The molecule has 2 N–H and O–H groups in total. The average Bonchev–Trinajstić information content (AvgIpc) is 3.43. The highest BCUT2D eigenvalue weighted by atomic mass is 16.2. The van der Waals surface area contributed by atoms with E-state index in [-0.39, 0.29) is 11.8 Å². The van der Waals surface area contributed by atoms with Gasteiger partial charge in [0.1, 0.15) is 0 Å². The van der Waals surface area contributed by atoms with Crippen LogP contribution in [0.3, 0.4) is 0 Å². The van der Waals surface area contributed by atoms with Crippen molar-refractivity contribution in [1.82, 2.24) is 25.1 Å². The van der Waals surface area contributed by atoms with E-state index in [1.807, 2.05) is 53.6 Å². The summed E-state index contributed by atoms with van der Waals surface area (Å²) in [5.74, 6) is 0.143. The third-order valence-electron chi connectivity index (χ3n) is 7.01. The normalized spacial score (nSPS) is 16.4.